The van der Waals surface area contributed by atoms with E-state index in [4.69, 9.17) is 10.5 Å². The molecule has 1 aliphatic rings. The Kier molecular flexibility index (Phi) is 3.65. The zero-order valence-electron chi connectivity index (χ0n) is 13.0. The Bertz CT molecular complexity index is 461. The summed E-state index contributed by atoms with van der Waals surface area (Å²) in [6, 6.07) is 4.61. The van der Waals surface area contributed by atoms with Gasteiger partial charge in [0.05, 0.1) is 7.11 Å². The van der Waals surface area contributed by atoms with Crippen LogP contribution >= 0.6 is 0 Å². The van der Waals surface area contributed by atoms with E-state index in [0.717, 1.165) is 12.3 Å². The maximum atomic E-state index is 6.05. The van der Waals surface area contributed by atoms with E-state index >= 15 is 0 Å². The minimum Gasteiger partial charge on any atom is -0.496 e. The van der Waals surface area contributed by atoms with Crippen molar-refractivity contribution in [2.75, 3.05) is 13.7 Å². The van der Waals surface area contributed by atoms with Crippen LogP contribution in [0.3, 0.4) is 0 Å². The van der Waals surface area contributed by atoms with Crippen molar-refractivity contribution >= 4 is 0 Å². The molecule has 2 rings (SSSR count). The van der Waals surface area contributed by atoms with E-state index in [-0.39, 0.29) is 10.8 Å². The smallest absolute Gasteiger partial charge is 0.125 e. The Morgan fingerprint density at radius 3 is 2.26 bits per heavy atom. The van der Waals surface area contributed by atoms with Gasteiger partial charge in [-0.15, -0.1) is 0 Å². The summed E-state index contributed by atoms with van der Waals surface area (Å²) < 4.78 is 5.62. The van der Waals surface area contributed by atoms with Gasteiger partial charge < -0.3 is 10.5 Å². The summed E-state index contributed by atoms with van der Waals surface area (Å²) in [6.45, 7) is 9.61. The monoisotopic (exact) mass is 261 g/mol. The molecule has 0 heterocycles. The van der Waals surface area contributed by atoms with Gasteiger partial charge in [-0.2, -0.15) is 0 Å². The summed E-state index contributed by atoms with van der Waals surface area (Å²) in [4.78, 5) is 0. The molecule has 0 aliphatic heterocycles. The van der Waals surface area contributed by atoms with Gasteiger partial charge in [-0.05, 0) is 36.3 Å². The zero-order chi connectivity index (χ0) is 14.3. The minimum atomic E-state index is 0.0889. The maximum absolute atomic E-state index is 6.05. The van der Waals surface area contributed by atoms with Gasteiger partial charge >= 0.3 is 0 Å². The summed E-state index contributed by atoms with van der Waals surface area (Å²) in [7, 11) is 1.76. The summed E-state index contributed by atoms with van der Waals surface area (Å²) in [5.41, 5.74) is 10.3. The van der Waals surface area contributed by atoms with Crippen molar-refractivity contribution in [3.63, 3.8) is 0 Å². The fourth-order valence-electron chi connectivity index (χ4n) is 3.12. The highest BCUT2D eigenvalue weighted by molar-refractivity contribution is 5.50. The molecule has 2 heteroatoms. The average Bonchev–Trinajstić information content (AvgIpc) is 2.26. The average molecular weight is 261 g/mol. The van der Waals surface area contributed by atoms with E-state index in [2.05, 4.69) is 39.8 Å². The van der Waals surface area contributed by atoms with Crippen LogP contribution in [0.5, 0.6) is 5.75 Å². The normalized spacial score (nSPS) is 18.0. The molecular weight excluding hydrogens is 234 g/mol. The molecule has 2 nitrogen and oxygen atoms in total. The Morgan fingerprint density at radius 2 is 1.89 bits per heavy atom. The second-order valence-electron chi connectivity index (χ2n) is 6.96. The number of ether oxygens (including phenoxy) is 1. The molecule has 0 atom stereocenters. The zero-order valence-corrected chi connectivity index (χ0v) is 13.0. The van der Waals surface area contributed by atoms with Gasteiger partial charge in [-0.25, -0.2) is 0 Å². The number of aryl methyl sites for hydroxylation is 1. The van der Waals surface area contributed by atoms with Crippen molar-refractivity contribution in [3.8, 4) is 5.75 Å². The Labute approximate surface area is 117 Å². The third-order valence-corrected chi connectivity index (χ3v) is 4.60. The van der Waals surface area contributed by atoms with Crippen molar-refractivity contribution < 1.29 is 4.74 Å². The molecule has 0 amide bonds. The molecule has 1 aromatic carbocycles. The molecule has 0 saturated heterocycles. The first-order chi connectivity index (χ1) is 8.84. The highest BCUT2D eigenvalue weighted by atomic mass is 16.5. The maximum Gasteiger partial charge on any atom is 0.125 e. The van der Waals surface area contributed by atoms with E-state index in [9.17, 15) is 0 Å². The lowest BCUT2D eigenvalue weighted by Gasteiger charge is -2.42. The van der Waals surface area contributed by atoms with Crippen molar-refractivity contribution in [1.29, 1.82) is 0 Å². The van der Waals surface area contributed by atoms with Gasteiger partial charge in [0.2, 0.25) is 0 Å². The molecule has 0 unspecified atom stereocenters. The van der Waals surface area contributed by atoms with Crippen LogP contribution in [0.1, 0.15) is 56.7 Å². The van der Waals surface area contributed by atoms with Gasteiger partial charge in [0.25, 0.3) is 0 Å². The second-order valence-corrected chi connectivity index (χ2v) is 6.96. The van der Waals surface area contributed by atoms with Gasteiger partial charge in [0.15, 0.2) is 0 Å². The third-order valence-electron chi connectivity index (χ3n) is 4.60. The second kappa shape index (κ2) is 4.82. The third kappa shape index (κ3) is 2.38. The molecule has 19 heavy (non-hydrogen) atoms. The van der Waals surface area contributed by atoms with Crippen LogP contribution in [0.2, 0.25) is 0 Å². The number of hydrogen-bond acceptors (Lipinski definition) is 2. The number of nitrogens with two attached hydrogens (primary N) is 1. The standard InChI is InChI=1S/C17H27NO/c1-12-9-13(17(11-18)7-6-8-17)10-14(15(12)19-5)16(2,3)4/h9-10H,6-8,11,18H2,1-5H3. The predicted molar refractivity (Wildman–Crippen MR) is 81.0 cm³/mol. The van der Waals surface area contributed by atoms with Crippen molar-refractivity contribution in [1.82, 2.24) is 0 Å². The molecule has 0 aromatic heterocycles. The van der Waals surface area contributed by atoms with E-state index in [1.54, 1.807) is 7.11 Å². The summed E-state index contributed by atoms with van der Waals surface area (Å²) in [5.74, 6) is 1.03. The van der Waals surface area contributed by atoms with Crippen LogP contribution in [0, 0.1) is 6.92 Å². The molecular formula is C17H27NO. The van der Waals surface area contributed by atoms with Crippen LogP contribution in [0.25, 0.3) is 0 Å². The molecule has 1 aromatic rings. The molecule has 106 valence electrons. The highest BCUT2D eigenvalue weighted by Gasteiger charge is 2.38. The highest BCUT2D eigenvalue weighted by Crippen LogP contribution is 2.46. The Balaban J connectivity index is 2.57. The van der Waals surface area contributed by atoms with E-state index in [1.165, 1.54) is 36.0 Å². The van der Waals surface area contributed by atoms with Crippen molar-refractivity contribution in [2.24, 2.45) is 5.73 Å². The summed E-state index contributed by atoms with van der Waals surface area (Å²) in [6.07, 6.45) is 3.74. The SMILES string of the molecule is COc1c(C)cc(C2(CN)CCC2)cc1C(C)(C)C. The lowest BCUT2D eigenvalue weighted by atomic mass is 9.63. The Hall–Kier alpha value is -1.02. The van der Waals surface area contributed by atoms with Crippen molar-refractivity contribution in [3.05, 3.63) is 28.8 Å². The summed E-state index contributed by atoms with van der Waals surface area (Å²) in [5, 5.41) is 0. The van der Waals surface area contributed by atoms with Crippen LogP contribution in [-0.2, 0) is 10.8 Å². The van der Waals surface area contributed by atoms with Crippen LogP contribution in [0.4, 0.5) is 0 Å². The molecule has 1 fully saturated rings. The molecule has 2 N–H and O–H groups in total. The predicted octanol–water partition coefficient (Wildman–Crippen LogP) is 3.68. The topological polar surface area (TPSA) is 35.2 Å². The van der Waals surface area contributed by atoms with Crippen LogP contribution in [0.15, 0.2) is 12.1 Å². The van der Waals surface area contributed by atoms with Gasteiger partial charge in [0.1, 0.15) is 5.75 Å². The molecule has 0 bridgehead atoms. The van der Waals surface area contributed by atoms with Crippen LogP contribution < -0.4 is 10.5 Å². The quantitative estimate of drug-likeness (QED) is 0.900. The number of hydrogen-bond donors (Lipinski definition) is 1. The van der Waals surface area contributed by atoms with E-state index < -0.39 is 0 Å². The lowest BCUT2D eigenvalue weighted by Crippen LogP contribution is -2.41. The largest absolute Gasteiger partial charge is 0.496 e. The molecule has 1 aliphatic carbocycles. The summed E-state index contributed by atoms with van der Waals surface area (Å²) >= 11 is 0. The van der Waals surface area contributed by atoms with E-state index in [0.29, 0.717) is 0 Å². The van der Waals surface area contributed by atoms with Gasteiger partial charge in [0, 0.05) is 17.5 Å². The fraction of sp³-hybridized carbons (Fsp3) is 0.647. The van der Waals surface area contributed by atoms with Gasteiger partial charge in [-0.3, -0.25) is 0 Å². The number of methoxy groups -OCH3 is 1. The lowest BCUT2D eigenvalue weighted by molar-refractivity contribution is 0.252. The molecule has 0 spiro atoms. The van der Waals surface area contributed by atoms with Crippen LogP contribution in [-0.4, -0.2) is 13.7 Å². The molecule has 0 radical (unpaired) electrons. The first-order valence-electron chi connectivity index (χ1n) is 7.24. The first-order valence-corrected chi connectivity index (χ1v) is 7.24. The van der Waals surface area contributed by atoms with Gasteiger partial charge in [-0.1, -0.05) is 39.3 Å². The first kappa shape index (κ1) is 14.4. The van der Waals surface area contributed by atoms with E-state index in [1.807, 2.05) is 0 Å². The minimum absolute atomic E-state index is 0.0889. The Morgan fingerprint density at radius 1 is 1.26 bits per heavy atom. The molecule has 1 saturated carbocycles. The number of benzene rings is 1. The number of rotatable bonds is 3. The van der Waals surface area contributed by atoms with Crippen molar-refractivity contribution in [2.45, 2.75) is 57.8 Å². The fourth-order valence-corrected chi connectivity index (χ4v) is 3.12.